The van der Waals surface area contributed by atoms with Gasteiger partial charge in [0.15, 0.2) is 11.5 Å². The van der Waals surface area contributed by atoms with E-state index in [1.54, 1.807) is 6.08 Å². The molecule has 1 aromatic heterocycles. The van der Waals surface area contributed by atoms with Crippen molar-refractivity contribution in [2.45, 2.75) is 20.4 Å². The fourth-order valence-electron chi connectivity index (χ4n) is 3.32. The lowest BCUT2D eigenvalue weighted by Gasteiger charge is -2.34. The highest BCUT2D eigenvalue weighted by molar-refractivity contribution is 5.92. The maximum Gasteiger partial charge on any atom is 0.246 e. The van der Waals surface area contributed by atoms with Crippen LogP contribution in [0.15, 0.2) is 48.8 Å². The summed E-state index contributed by atoms with van der Waals surface area (Å²) in [7, 11) is 0. The van der Waals surface area contributed by atoms with E-state index in [0.29, 0.717) is 19.0 Å². The Labute approximate surface area is 172 Å². The molecule has 1 amide bonds. The van der Waals surface area contributed by atoms with Gasteiger partial charge in [0.2, 0.25) is 5.91 Å². The van der Waals surface area contributed by atoms with Gasteiger partial charge in [-0.1, -0.05) is 6.07 Å². The topological polar surface area (TPSA) is 54.9 Å². The molecule has 6 heteroatoms. The third-order valence-corrected chi connectivity index (χ3v) is 4.83. The lowest BCUT2D eigenvalue weighted by atomic mass is 10.1. The lowest BCUT2D eigenvalue weighted by Crippen LogP contribution is -2.47. The van der Waals surface area contributed by atoms with Crippen LogP contribution in [-0.2, 0) is 11.3 Å². The summed E-state index contributed by atoms with van der Waals surface area (Å²) in [5, 5.41) is 0. The number of nitrogens with zero attached hydrogens (tertiary/aromatic N) is 3. The van der Waals surface area contributed by atoms with Crippen LogP contribution in [0.25, 0.3) is 6.08 Å². The summed E-state index contributed by atoms with van der Waals surface area (Å²) in [6.45, 7) is 9.15. The molecule has 6 nitrogen and oxygen atoms in total. The van der Waals surface area contributed by atoms with Gasteiger partial charge in [-0.05, 0) is 55.3 Å². The van der Waals surface area contributed by atoms with Crippen molar-refractivity contribution in [1.82, 2.24) is 14.8 Å². The van der Waals surface area contributed by atoms with Crippen LogP contribution in [0.5, 0.6) is 11.5 Å². The molecule has 1 aromatic carbocycles. The molecule has 0 spiro atoms. The van der Waals surface area contributed by atoms with Crippen molar-refractivity contribution in [3.63, 3.8) is 0 Å². The fraction of sp³-hybridized carbons (Fsp3) is 0.391. The highest BCUT2D eigenvalue weighted by Gasteiger charge is 2.19. The molecule has 0 atom stereocenters. The van der Waals surface area contributed by atoms with E-state index in [2.05, 4.69) is 9.88 Å². The number of hydrogen-bond acceptors (Lipinski definition) is 5. The zero-order valence-electron chi connectivity index (χ0n) is 17.2. The second kappa shape index (κ2) is 10.6. The van der Waals surface area contributed by atoms with Gasteiger partial charge in [0, 0.05) is 51.2 Å². The van der Waals surface area contributed by atoms with E-state index < -0.39 is 0 Å². The first-order chi connectivity index (χ1) is 14.2. The maximum absolute atomic E-state index is 12.6. The van der Waals surface area contributed by atoms with Crippen molar-refractivity contribution >= 4 is 12.0 Å². The van der Waals surface area contributed by atoms with Crippen LogP contribution < -0.4 is 9.47 Å². The first-order valence-corrected chi connectivity index (χ1v) is 10.2. The summed E-state index contributed by atoms with van der Waals surface area (Å²) in [4.78, 5) is 20.9. The van der Waals surface area contributed by atoms with Gasteiger partial charge < -0.3 is 14.4 Å². The molecule has 0 unspecified atom stereocenters. The second-order valence-corrected chi connectivity index (χ2v) is 6.86. The molecule has 1 fully saturated rings. The normalized spacial score (nSPS) is 14.9. The zero-order valence-corrected chi connectivity index (χ0v) is 17.2. The van der Waals surface area contributed by atoms with Crippen molar-refractivity contribution in [3.05, 3.63) is 59.9 Å². The molecular formula is C23H29N3O3. The SMILES string of the molecule is CCOc1ccc(/C=C/C(=O)N2CCN(Cc3ccncc3)CC2)cc1OCC. The average Bonchev–Trinajstić information content (AvgIpc) is 2.75. The fourth-order valence-corrected chi connectivity index (χ4v) is 3.32. The number of carbonyl (C=O) groups excluding carboxylic acids is 1. The molecule has 0 N–H and O–H groups in total. The molecule has 0 aliphatic carbocycles. The molecule has 1 saturated heterocycles. The first kappa shape index (κ1) is 20.9. The first-order valence-electron chi connectivity index (χ1n) is 10.2. The zero-order chi connectivity index (χ0) is 20.5. The number of pyridine rings is 1. The second-order valence-electron chi connectivity index (χ2n) is 6.86. The smallest absolute Gasteiger partial charge is 0.246 e. The maximum atomic E-state index is 12.6. The van der Waals surface area contributed by atoms with Gasteiger partial charge in [0.1, 0.15) is 0 Å². The molecule has 1 aliphatic heterocycles. The summed E-state index contributed by atoms with van der Waals surface area (Å²) in [6, 6.07) is 9.80. The third kappa shape index (κ3) is 6.06. The molecule has 0 saturated carbocycles. The summed E-state index contributed by atoms with van der Waals surface area (Å²) >= 11 is 0. The lowest BCUT2D eigenvalue weighted by molar-refractivity contribution is -0.127. The Hall–Kier alpha value is -2.86. The van der Waals surface area contributed by atoms with Crippen molar-refractivity contribution in [2.75, 3.05) is 39.4 Å². The van der Waals surface area contributed by atoms with E-state index in [4.69, 9.17) is 9.47 Å². The van der Waals surface area contributed by atoms with Gasteiger partial charge in [0.25, 0.3) is 0 Å². The molecule has 1 aliphatic rings. The highest BCUT2D eigenvalue weighted by atomic mass is 16.5. The third-order valence-electron chi connectivity index (χ3n) is 4.83. The van der Waals surface area contributed by atoms with Gasteiger partial charge in [-0.25, -0.2) is 0 Å². The minimum Gasteiger partial charge on any atom is -0.490 e. The van der Waals surface area contributed by atoms with Gasteiger partial charge in [-0.2, -0.15) is 0 Å². The van der Waals surface area contributed by atoms with E-state index in [1.165, 1.54) is 5.56 Å². The molecular weight excluding hydrogens is 366 g/mol. The standard InChI is InChI=1S/C23H29N3O3/c1-3-28-21-7-5-19(17-22(21)29-4-2)6-8-23(27)26-15-13-25(14-16-26)18-20-9-11-24-12-10-20/h5-12,17H,3-4,13-16,18H2,1-2H3/b8-6+. The van der Waals surface area contributed by atoms with Crippen LogP contribution in [0.2, 0.25) is 0 Å². The Morgan fingerprint density at radius 2 is 1.69 bits per heavy atom. The number of amides is 1. The van der Waals surface area contributed by atoms with Crippen LogP contribution in [0.4, 0.5) is 0 Å². The summed E-state index contributed by atoms with van der Waals surface area (Å²) in [5.74, 6) is 1.47. The number of carbonyl (C=O) groups is 1. The molecule has 0 bridgehead atoms. The van der Waals surface area contributed by atoms with E-state index in [-0.39, 0.29) is 5.91 Å². The van der Waals surface area contributed by atoms with Gasteiger partial charge >= 0.3 is 0 Å². The number of piperazine rings is 1. The quantitative estimate of drug-likeness (QED) is 0.643. The van der Waals surface area contributed by atoms with E-state index in [9.17, 15) is 4.79 Å². The van der Waals surface area contributed by atoms with Gasteiger partial charge in [-0.3, -0.25) is 14.7 Å². The van der Waals surface area contributed by atoms with Crippen LogP contribution >= 0.6 is 0 Å². The number of hydrogen-bond donors (Lipinski definition) is 0. The Balaban J connectivity index is 1.54. The van der Waals surface area contributed by atoms with E-state index >= 15 is 0 Å². The molecule has 2 heterocycles. The van der Waals surface area contributed by atoms with Crippen molar-refractivity contribution in [3.8, 4) is 11.5 Å². The predicted molar refractivity (Wildman–Crippen MR) is 114 cm³/mol. The Morgan fingerprint density at radius 3 is 2.38 bits per heavy atom. The minimum atomic E-state index is 0.0420. The van der Waals surface area contributed by atoms with E-state index in [0.717, 1.165) is 44.0 Å². The Bertz CT molecular complexity index is 815. The monoisotopic (exact) mass is 395 g/mol. The highest BCUT2D eigenvalue weighted by Crippen LogP contribution is 2.29. The van der Waals surface area contributed by atoms with Crippen LogP contribution in [0, 0.1) is 0 Å². The summed E-state index contributed by atoms with van der Waals surface area (Å²) < 4.78 is 11.2. The van der Waals surface area contributed by atoms with Crippen LogP contribution in [0.1, 0.15) is 25.0 Å². The number of ether oxygens (including phenoxy) is 2. The van der Waals surface area contributed by atoms with Crippen LogP contribution in [-0.4, -0.2) is 60.1 Å². The average molecular weight is 396 g/mol. The Morgan fingerprint density at radius 1 is 1.00 bits per heavy atom. The number of aromatic nitrogens is 1. The molecule has 29 heavy (non-hydrogen) atoms. The summed E-state index contributed by atoms with van der Waals surface area (Å²) in [5.41, 5.74) is 2.17. The van der Waals surface area contributed by atoms with E-state index in [1.807, 2.05) is 67.5 Å². The molecule has 2 aromatic rings. The van der Waals surface area contributed by atoms with Crippen molar-refractivity contribution in [2.24, 2.45) is 0 Å². The largest absolute Gasteiger partial charge is 0.490 e. The van der Waals surface area contributed by atoms with Gasteiger partial charge in [0.05, 0.1) is 13.2 Å². The van der Waals surface area contributed by atoms with Gasteiger partial charge in [-0.15, -0.1) is 0 Å². The summed E-state index contributed by atoms with van der Waals surface area (Å²) in [6.07, 6.45) is 7.11. The molecule has 154 valence electrons. The number of benzene rings is 1. The Kier molecular flexibility index (Phi) is 7.64. The predicted octanol–water partition coefficient (Wildman–Crippen LogP) is 3.24. The number of rotatable bonds is 8. The molecule has 3 rings (SSSR count). The molecule has 0 radical (unpaired) electrons. The van der Waals surface area contributed by atoms with Crippen molar-refractivity contribution in [1.29, 1.82) is 0 Å². The van der Waals surface area contributed by atoms with Crippen molar-refractivity contribution < 1.29 is 14.3 Å². The minimum absolute atomic E-state index is 0.0420. The van der Waals surface area contributed by atoms with Crippen LogP contribution in [0.3, 0.4) is 0 Å².